The van der Waals surface area contributed by atoms with Gasteiger partial charge in [0.25, 0.3) is 0 Å². The highest BCUT2D eigenvalue weighted by Crippen LogP contribution is 2.11. The van der Waals surface area contributed by atoms with Crippen LogP contribution in [-0.2, 0) is 6.54 Å². The molecule has 0 radical (unpaired) electrons. The topological polar surface area (TPSA) is 58.4 Å². The summed E-state index contributed by atoms with van der Waals surface area (Å²) >= 11 is 0. The first-order chi connectivity index (χ1) is 8.08. The van der Waals surface area contributed by atoms with Gasteiger partial charge in [0.05, 0.1) is 0 Å². The number of carbonyl (C=O) groups is 1. The van der Waals surface area contributed by atoms with Crippen molar-refractivity contribution < 1.29 is 4.79 Å². The third kappa shape index (κ3) is 3.75. The number of nitrogens with two attached hydrogens (primary N) is 1. The molecule has 0 saturated heterocycles. The summed E-state index contributed by atoms with van der Waals surface area (Å²) in [7, 11) is 0. The van der Waals surface area contributed by atoms with Gasteiger partial charge in [0.2, 0.25) is 0 Å². The van der Waals surface area contributed by atoms with E-state index in [0.29, 0.717) is 13.1 Å². The Balaban J connectivity index is 2.72. The second-order valence-electron chi connectivity index (χ2n) is 4.21. The van der Waals surface area contributed by atoms with Gasteiger partial charge in [-0.2, -0.15) is 0 Å². The standard InChI is InChI=1S/C13H21N3O/c1-4-16(10(2)3)13(17)15-12-7-5-6-11(8-12)9-14/h5-8,10H,4,9,14H2,1-3H3,(H,15,17). The summed E-state index contributed by atoms with van der Waals surface area (Å²) in [5, 5.41) is 2.88. The van der Waals surface area contributed by atoms with Gasteiger partial charge in [0.15, 0.2) is 0 Å². The Bertz CT molecular complexity index is 377. The maximum atomic E-state index is 12.0. The molecular formula is C13H21N3O. The van der Waals surface area contributed by atoms with Crippen LogP contribution in [0.2, 0.25) is 0 Å². The van der Waals surface area contributed by atoms with Crippen molar-refractivity contribution in [2.24, 2.45) is 5.73 Å². The zero-order valence-electron chi connectivity index (χ0n) is 10.7. The molecule has 4 nitrogen and oxygen atoms in total. The molecule has 0 atom stereocenters. The molecule has 2 amide bonds. The maximum absolute atomic E-state index is 12.0. The zero-order valence-corrected chi connectivity index (χ0v) is 10.7. The number of carbonyl (C=O) groups excluding carboxylic acids is 1. The highest BCUT2D eigenvalue weighted by atomic mass is 16.2. The molecule has 94 valence electrons. The van der Waals surface area contributed by atoms with Gasteiger partial charge in [0, 0.05) is 24.8 Å². The molecule has 0 bridgehead atoms. The lowest BCUT2D eigenvalue weighted by atomic mass is 10.2. The Kier molecular flexibility index (Phi) is 4.97. The molecule has 1 aromatic rings. The highest BCUT2D eigenvalue weighted by molar-refractivity contribution is 5.89. The Labute approximate surface area is 103 Å². The lowest BCUT2D eigenvalue weighted by Crippen LogP contribution is -2.39. The minimum Gasteiger partial charge on any atom is -0.326 e. The molecule has 0 saturated carbocycles. The summed E-state index contributed by atoms with van der Waals surface area (Å²) in [6.07, 6.45) is 0. The zero-order chi connectivity index (χ0) is 12.8. The number of rotatable bonds is 4. The second kappa shape index (κ2) is 6.25. The van der Waals surface area contributed by atoms with E-state index in [1.165, 1.54) is 0 Å². The van der Waals surface area contributed by atoms with Crippen LogP contribution >= 0.6 is 0 Å². The predicted molar refractivity (Wildman–Crippen MR) is 70.9 cm³/mol. The van der Waals surface area contributed by atoms with Gasteiger partial charge >= 0.3 is 6.03 Å². The summed E-state index contributed by atoms with van der Waals surface area (Å²) in [6.45, 7) is 7.14. The Morgan fingerprint density at radius 1 is 1.47 bits per heavy atom. The Morgan fingerprint density at radius 3 is 2.71 bits per heavy atom. The molecule has 0 aliphatic carbocycles. The largest absolute Gasteiger partial charge is 0.326 e. The number of anilines is 1. The third-order valence-electron chi connectivity index (χ3n) is 2.64. The van der Waals surface area contributed by atoms with E-state index in [0.717, 1.165) is 11.3 Å². The van der Waals surface area contributed by atoms with Crippen molar-refractivity contribution in [1.29, 1.82) is 0 Å². The first-order valence-corrected chi connectivity index (χ1v) is 5.95. The molecule has 0 aliphatic rings. The SMILES string of the molecule is CCN(C(=O)Nc1cccc(CN)c1)C(C)C. The molecular weight excluding hydrogens is 214 g/mol. The fourth-order valence-electron chi connectivity index (χ4n) is 1.71. The van der Waals surface area contributed by atoms with Crippen LogP contribution < -0.4 is 11.1 Å². The molecule has 1 aromatic carbocycles. The number of benzene rings is 1. The summed E-state index contributed by atoms with van der Waals surface area (Å²) in [6, 6.07) is 7.71. The molecule has 1 rings (SSSR count). The van der Waals surface area contributed by atoms with E-state index < -0.39 is 0 Å². The van der Waals surface area contributed by atoms with Crippen molar-refractivity contribution in [2.45, 2.75) is 33.4 Å². The molecule has 0 aliphatic heterocycles. The number of urea groups is 1. The van der Waals surface area contributed by atoms with Crippen molar-refractivity contribution in [3.63, 3.8) is 0 Å². The van der Waals surface area contributed by atoms with Gasteiger partial charge in [-0.1, -0.05) is 12.1 Å². The first kappa shape index (κ1) is 13.5. The van der Waals surface area contributed by atoms with Crippen LogP contribution in [0.5, 0.6) is 0 Å². The molecule has 0 spiro atoms. The number of nitrogens with zero attached hydrogens (tertiary/aromatic N) is 1. The highest BCUT2D eigenvalue weighted by Gasteiger charge is 2.14. The second-order valence-corrected chi connectivity index (χ2v) is 4.21. The lowest BCUT2D eigenvalue weighted by Gasteiger charge is -2.25. The number of amides is 2. The van der Waals surface area contributed by atoms with Gasteiger partial charge in [-0.25, -0.2) is 4.79 Å². The fraction of sp³-hybridized carbons (Fsp3) is 0.462. The number of hydrogen-bond acceptors (Lipinski definition) is 2. The Hall–Kier alpha value is -1.55. The summed E-state index contributed by atoms with van der Waals surface area (Å²) in [5.74, 6) is 0. The van der Waals surface area contributed by atoms with Crippen molar-refractivity contribution in [2.75, 3.05) is 11.9 Å². The number of hydrogen-bond donors (Lipinski definition) is 2. The summed E-state index contributed by atoms with van der Waals surface area (Å²) in [4.78, 5) is 13.7. The van der Waals surface area contributed by atoms with Crippen LogP contribution in [0.4, 0.5) is 10.5 Å². The van der Waals surface area contributed by atoms with E-state index in [1.54, 1.807) is 4.90 Å². The minimum atomic E-state index is -0.0725. The van der Waals surface area contributed by atoms with Crippen molar-refractivity contribution in [1.82, 2.24) is 4.90 Å². The van der Waals surface area contributed by atoms with E-state index in [-0.39, 0.29) is 12.1 Å². The molecule has 4 heteroatoms. The molecule has 0 aromatic heterocycles. The van der Waals surface area contributed by atoms with E-state index >= 15 is 0 Å². The molecule has 0 heterocycles. The normalized spacial score (nSPS) is 10.4. The van der Waals surface area contributed by atoms with E-state index in [1.807, 2.05) is 45.0 Å². The number of nitrogens with one attached hydrogen (secondary N) is 1. The summed E-state index contributed by atoms with van der Waals surface area (Å²) in [5.41, 5.74) is 7.36. The monoisotopic (exact) mass is 235 g/mol. The van der Waals surface area contributed by atoms with Crippen LogP contribution in [0.25, 0.3) is 0 Å². The Morgan fingerprint density at radius 2 is 2.18 bits per heavy atom. The van der Waals surface area contributed by atoms with Gasteiger partial charge in [-0.05, 0) is 38.5 Å². The maximum Gasteiger partial charge on any atom is 0.322 e. The minimum absolute atomic E-state index is 0.0725. The smallest absolute Gasteiger partial charge is 0.322 e. The van der Waals surface area contributed by atoms with Gasteiger partial charge < -0.3 is 16.0 Å². The first-order valence-electron chi connectivity index (χ1n) is 5.95. The van der Waals surface area contributed by atoms with Crippen LogP contribution in [0.1, 0.15) is 26.3 Å². The average Bonchev–Trinajstić information content (AvgIpc) is 2.29. The van der Waals surface area contributed by atoms with Gasteiger partial charge in [-0.15, -0.1) is 0 Å². The van der Waals surface area contributed by atoms with Crippen molar-refractivity contribution in [3.05, 3.63) is 29.8 Å². The van der Waals surface area contributed by atoms with E-state index in [9.17, 15) is 4.79 Å². The predicted octanol–water partition coefficient (Wildman–Crippen LogP) is 2.41. The lowest BCUT2D eigenvalue weighted by molar-refractivity contribution is 0.201. The summed E-state index contributed by atoms with van der Waals surface area (Å²) < 4.78 is 0. The fourth-order valence-corrected chi connectivity index (χ4v) is 1.71. The van der Waals surface area contributed by atoms with Gasteiger partial charge in [0.1, 0.15) is 0 Å². The molecule has 0 fully saturated rings. The van der Waals surface area contributed by atoms with Crippen molar-refractivity contribution in [3.8, 4) is 0 Å². The molecule has 0 unspecified atom stereocenters. The van der Waals surface area contributed by atoms with Crippen LogP contribution in [0, 0.1) is 0 Å². The van der Waals surface area contributed by atoms with Crippen molar-refractivity contribution >= 4 is 11.7 Å². The van der Waals surface area contributed by atoms with E-state index in [4.69, 9.17) is 5.73 Å². The van der Waals surface area contributed by atoms with Gasteiger partial charge in [-0.3, -0.25) is 0 Å². The third-order valence-corrected chi connectivity index (χ3v) is 2.64. The van der Waals surface area contributed by atoms with Crippen LogP contribution in [-0.4, -0.2) is 23.5 Å². The van der Waals surface area contributed by atoms with Crippen LogP contribution in [0.15, 0.2) is 24.3 Å². The average molecular weight is 235 g/mol. The van der Waals surface area contributed by atoms with E-state index in [2.05, 4.69) is 5.32 Å². The van der Waals surface area contributed by atoms with Crippen LogP contribution in [0.3, 0.4) is 0 Å². The quantitative estimate of drug-likeness (QED) is 0.842. The molecule has 3 N–H and O–H groups in total. The molecule has 17 heavy (non-hydrogen) atoms.